The predicted molar refractivity (Wildman–Crippen MR) is 59.9 cm³/mol. The van der Waals surface area contributed by atoms with E-state index in [-0.39, 0.29) is 12.5 Å². The monoisotopic (exact) mass is 256 g/mol. The summed E-state index contributed by atoms with van der Waals surface area (Å²) >= 11 is 1.14. The molecule has 2 rings (SSSR count). The van der Waals surface area contributed by atoms with Gasteiger partial charge in [0.05, 0.1) is 6.54 Å². The minimum Gasteiger partial charge on any atom is -0.480 e. The zero-order chi connectivity index (χ0) is 12.3. The van der Waals surface area contributed by atoms with Crippen LogP contribution in [0.3, 0.4) is 0 Å². The van der Waals surface area contributed by atoms with Crippen LogP contribution in [0.15, 0.2) is 5.38 Å². The molecule has 1 amide bonds. The van der Waals surface area contributed by atoms with Crippen LogP contribution in [0.25, 0.3) is 0 Å². The molecule has 7 nitrogen and oxygen atoms in total. The number of hydrogen-bond acceptors (Lipinski definition) is 6. The quantitative estimate of drug-likeness (QED) is 0.775. The van der Waals surface area contributed by atoms with Crippen molar-refractivity contribution in [1.82, 2.24) is 19.4 Å². The lowest BCUT2D eigenvalue weighted by atomic mass is 10.3. The highest BCUT2D eigenvalue weighted by atomic mass is 32.1. The minimum atomic E-state index is -0.839. The lowest BCUT2D eigenvalue weighted by molar-refractivity contribution is -0.138. The van der Waals surface area contributed by atoms with Crippen molar-refractivity contribution < 1.29 is 14.7 Å². The van der Waals surface area contributed by atoms with Crippen molar-refractivity contribution in [3.8, 4) is 0 Å². The molecule has 8 heteroatoms. The maximum atomic E-state index is 11.9. The number of carboxylic acid groups (broad SMARTS) is 1. The summed E-state index contributed by atoms with van der Waals surface area (Å²) in [5.41, 5.74) is 0.363. The van der Waals surface area contributed by atoms with Crippen LogP contribution in [-0.2, 0) is 4.79 Å². The second-order valence-corrected chi connectivity index (χ2v) is 4.36. The number of amides is 1. The van der Waals surface area contributed by atoms with E-state index in [2.05, 4.69) is 9.59 Å². The van der Waals surface area contributed by atoms with Gasteiger partial charge in [0.25, 0.3) is 5.91 Å². The highest BCUT2D eigenvalue weighted by Crippen LogP contribution is 2.07. The Morgan fingerprint density at radius 2 is 2.06 bits per heavy atom. The molecule has 2 heterocycles. The molecule has 1 saturated heterocycles. The highest BCUT2D eigenvalue weighted by Gasteiger charge is 2.24. The number of nitrogens with zero attached hydrogens (tertiary/aromatic N) is 4. The Labute approximate surface area is 102 Å². The lowest BCUT2D eigenvalue weighted by Crippen LogP contribution is -2.50. The Kier molecular flexibility index (Phi) is 3.64. The van der Waals surface area contributed by atoms with E-state index in [1.165, 1.54) is 0 Å². The summed E-state index contributed by atoms with van der Waals surface area (Å²) in [6.45, 7) is 2.25. The SMILES string of the molecule is O=C(O)CN1CCN(C(=O)c2csnn2)CC1. The van der Waals surface area contributed by atoms with Crippen LogP contribution in [0, 0.1) is 0 Å². The number of aromatic nitrogens is 2. The van der Waals surface area contributed by atoms with E-state index in [0.717, 1.165) is 11.5 Å². The maximum absolute atomic E-state index is 11.9. The highest BCUT2D eigenvalue weighted by molar-refractivity contribution is 7.03. The van der Waals surface area contributed by atoms with Crippen LogP contribution in [0.5, 0.6) is 0 Å². The molecule has 0 aliphatic carbocycles. The third-order valence-corrected chi connectivity index (χ3v) is 3.10. The van der Waals surface area contributed by atoms with E-state index in [0.29, 0.717) is 31.9 Å². The first-order chi connectivity index (χ1) is 8.16. The fourth-order valence-corrected chi connectivity index (χ4v) is 2.15. The van der Waals surface area contributed by atoms with E-state index < -0.39 is 5.97 Å². The van der Waals surface area contributed by atoms with Crippen molar-refractivity contribution in [2.75, 3.05) is 32.7 Å². The Morgan fingerprint density at radius 1 is 1.35 bits per heavy atom. The summed E-state index contributed by atoms with van der Waals surface area (Å²) in [6, 6.07) is 0. The van der Waals surface area contributed by atoms with Gasteiger partial charge in [0.2, 0.25) is 0 Å². The van der Waals surface area contributed by atoms with Crippen LogP contribution in [0.1, 0.15) is 10.5 Å². The molecule has 0 saturated carbocycles. The summed E-state index contributed by atoms with van der Waals surface area (Å²) in [5, 5.41) is 14.0. The van der Waals surface area contributed by atoms with Crippen LogP contribution >= 0.6 is 11.5 Å². The van der Waals surface area contributed by atoms with Crippen molar-refractivity contribution in [3.63, 3.8) is 0 Å². The Hall–Kier alpha value is -1.54. The van der Waals surface area contributed by atoms with E-state index in [4.69, 9.17) is 5.11 Å². The molecule has 0 unspecified atom stereocenters. The van der Waals surface area contributed by atoms with E-state index >= 15 is 0 Å². The Morgan fingerprint density at radius 3 is 2.59 bits per heavy atom. The molecule has 0 aromatic carbocycles. The molecule has 1 fully saturated rings. The minimum absolute atomic E-state index is 0.0281. The zero-order valence-corrected chi connectivity index (χ0v) is 9.89. The van der Waals surface area contributed by atoms with Gasteiger partial charge in [0, 0.05) is 31.6 Å². The van der Waals surface area contributed by atoms with Gasteiger partial charge in [-0.3, -0.25) is 14.5 Å². The van der Waals surface area contributed by atoms with Gasteiger partial charge in [-0.15, -0.1) is 5.10 Å². The molecule has 17 heavy (non-hydrogen) atoms. The summed E-state index contributed by atoms with van der Waals surface area (Å²) in [5.74, 6) is -0.970. The molecule has 1 aromatic rings. The summed E-state index contributed by atoms with van der Waals surface area (Å²) in [6.07, 6.45) is 0. The number of carbonyl (C=O) groups is 2. The molecule has 1 aliphatic rings. The topological polar surface area (TPSA) is 86.6 Å². The molecular formula is C9H12N4O3S. The smallest absolute Gasteiger partial charge is 0.317 e. The van der Waals surface area contributed by atoms with Gasteiger partial charge >= 0.3 is 5.97 Å². The van der Waals surface area contributed by atoms with Crippen molar-refractivity contribution in [1.29, 1.82) is 0 Å². The molecule has 1 aliphatic heterocycles. The molecule has 0 atom stereocenters. The van der Waals surface area contributed by atoms with Crippen LogP contribution in [-0.4, -0.2) is 69.1 Å². The number of carboxylic acids is 1. The van der Waals surface area contributed by atoms with Gasteiger partial charge in [0.1, 0.15) is 0 Å². The molecule has 1 aromatic heterocycles. The van der Waals surface area contributed by atoms with Gasteiger partial charge in [-0.05, 0) is 11.5 Å². The van der Waals surface area contributed by atoms with Crippen molar-refractivity contribution >= 4 is 23.4 Å². The number of rotatable bonds is 3. The van der Waals surface area contributed by atoms with Gasteiger partial charge in [-0.2, -0.15) is 0 Å². The largest absolute Gasteiger partial charge is 0.480 e. The summed E-state index contributed by atoms with van der Waals surface area (Å²) < 4.78 is 3.65. The molecule has 0 radical (unpaired) electrons. The first-order valence-corrected chi connectivity index (χ1v) is 6.01. The third-order valence-electron chi connectivity index (χ3n) is 2.60. The van der Waals surface area contributed by atoms with E-state index in [9.17, 15) is 9.59 Å². The van der Waals surface area contributed by atoms with Crippen molar-refractivity contribution in [3.05, 3.63) is 11.1 Å². The number of carbonyl (C=O) groups excluding carboxylic acids is 1. The van der Waals surface area contributed by atoms with Gasteiger partial charge in [-0.25, -0.2) is 0 Å². The fraction of sp³-hybridized carbons (Fsp3) is 0.556. The number of piperazine rings is 1. The molecule has 1 N–H and O–H groups in total. The van der Waals surface area contributed by atoms with Crippen LogP contribution in [0.2, 0.25) is 0 Å². The average Bonchev–Trinajstić information content (AvgIpc) is 2.82. The lowest BCUT2D eigenvalue weighted by Gasteiger charge is -2.33. The van der Waals surface area contributed by atoms with Crippen LogP contribution < -0.4 is 0 Å². The first-order valence-electron chi connectivity index (χ1n) is 5.17. The maximum Gasteiger partial charge on any atom is 0.317 e. The third kappa shape index (κ3) is 2.98. The number of hydrogen-bond donors (Lipinski definition) is 1. The fourth-order valence-electron chi connectivity index (χ4n) is 1.72. The Bertz CT molecular complexity index is 400. The van der Waals surface area contributed by atoms with Crippen molar-refractivity contribution in [2.24, 2.45) is 0 Å². The van der Waals surface area contributed by atoms with E-state index in [1.807, 2.05) is 4.90 Å². The van der Waals surface area contributed by atoms with Crippen LogP contribution in [0.4, 0.5) is 0 Å². The molecule has 0 spiro atoms. The second kappa shape index (κ2) is 5.19. The average molecular weight is 256 g/mol. The normalized spacial score (nSPS) is 17.1. The Balaban J connectivity index is 1.87. The number of aliphatic carboxylic acids is 1. The van der Waals surface area contributed by atoms with Gasteiger partial charge in [-0.1, -0.05) is 4.49 Å². The molecular weight excluding hydrogens is 244 g/mol. The van der Waals surface area contributed by atoms with Gasteiger partial charge < -0.3 is 10.0 Å². The zero-order valence-electron chi connectivity index (χ0n) is 9.07. The summed E-state index contributed by atoms with van der Waals surface area (Å²) in [4.78, 5) is 25.9. The van der Waals surface area contributed by atoms with Crippen molar-refractivity contribution in [2.45, 2.75) is 0 Å². The van der Waals surface area contributed by atoms with E-state index in [1.54, 1.807) is 10.3 Å². The molecule has 92 valence electrons. The standard InChI is InChI=1S/C9H12N4O3S/c14-8(15)5-12-1-3-13(4-2-12)9(16)7-6-17-11-10-7/h6H,1-5H2,(H,14,15). The summed E-state index contributed by atoms with van der Waals surface area (Å²) in [7, 11) is 0. The molecule has 0 bridgehead atoms. The van der Waals surface area contributed by atoms with Gasteiger partial charge in [0.15, 0.2) is 5.69 Å². The first kappa shape index (κ1) is 11.9. The second-order valence-electron chi connectivity index (χ2n) is 3.75. The predicted octanol–water partition coefficient (Wildman–Crippen LogP) is -0.619.